The number of halogens is 2. The van der Waals surface area contributed by atoms with E-state index >= 15 is 0 Å². The number of aromatic nitrogens is 2. The fraction of sp³-hybridized carbons (Fsp3) is 0.200. The van der Waals surface area contributed by atoms with Crippen LogP contribution in [0.4, 0.5) is 14.5 Å². The van der Waals surface area contributed by atoms with Crippen molar-refractivity contribution >= 4 is 29.3 Å². The predicted molar refractivity (Wildman–Crippen MR) is 150 cm³/mol. The highest BCUT2D eigenvalue weighted by Crippen LogP contribution is 2.28. The number of nitrogens with one attached hydrogen (secondary N) is 1. The Labute approximate surface area is 235 Å². The third-order valence-corrected chi connectivity index (χ3v) is 6.82. The summed E-state index contributed by atoms with van der Waals surface area (Å²) in [6.07, 6.45) is 0. The molecule has 1 N–H and O–H groups in total. The molecule has 1 atom stereocenters. The fourth-order valence-electron chi connectivity index (χ4n) is 4.14. The van der Waals surface area contributed by atoms with Crippen molar-refractivity contribution in [3.05, 3.63) is 113 Å². The van der Waals surface area contributed by atoms with E-state index in [1.807, 2.05) is 19.9 Å². The van der Waals surface area contributed by atoms with Crippen LogP contribution >= 0.6 is 11.8 Å². The summed E-state index contributed by atoms with van der Waals surface area (Å²) in [7, 11) is 1.53. The van der Waals surface area contributed by atoms with Crippen molar-refractivity contribution in [2.75, 3.05) is 18.2 Å². The maximum atomic E-state index is 14.8. The van der Waals surface area contributed by atoms with Crippen molar-refractivity contribution in [1.82, 2.24) is 14.9 Å². The molecule has 10 heteroatoms. The molecule has 4 aromatic rings. The van der Waals surface area contributed by atoms with Crippen molar-refractivity contribution in [2.45, 2.75) is 31.6 Å². The van der Waals surface area contributed by atoms with Gasteiger partial charge in [0.15, 0.2) is 5.16 Å². The zero-order valence-electron chi connectivity index (χ0n) is 22.2. The lowest BCUT2D eigenvalue weighted by Gasteiger charge is -2.31. The molecule has 2 amide bonds. The third-order valence-electron chi connectivity index (χ3n) is 5.99. The zero-order valence-corrected chi connectivity index (χ0v) is 23.0. The number of hydrogen-bond donors (Lipinski definition) is 1. The topological polar surface area (TPSA) is 84.4 Å². The minimum atomic E-state index is -1.27. The molecule has 0 saturated heterocycles. The highest BCUT2D eigenvalue weighted by atomic mass is 32.2. The van der Waals surface area contributed by atoms with Crippen LogP contribution in [-0.4, -0.2) is 39.5 Å². The first-order chi connectivity index (χ1) is 19.2. The first-order valence-corrected chi connectivity index (χ1v) is 13.4. The van der Waals surface area contributed by atoms with Gasteiger partial charge >= 0.3 is 0 Å². The third kappa shape index (κ3) is 7.41. The number of nitrogens with zero attached hydrogens (tertiary/aromatic N) is 3. The molecule has 0 radical (unpaired) electrons. The predicted octanol–water partition coefficient (Wildman–Crippen LogP) is 5.88. The molecule has 206 valence electrons. The monoisotopic (exact) mass is 562 g/mol. The van der Waals surface area contributed by atoms with Crippen LogP contribution in [0.2, 0.25) is 0 Å². The molecule has 3 aromatic carbocycles. The van der Waals surface area contributed by atoms with Gasteiger partial charge in [0.2, 0.25) is 5.91 Å². The molecule has 1 unspecified atom stereocenters. The quantitative estimate of drug-likeness (QED) is 0.192. The first kappa shape index (κ1) is 28.7. The molecule has 0 spiro atoms. The summed E-state index contributed by atoms with van der Waals surface area (Å²) in [4.78, 5) is 37.5. The second-order valence-electron chi connectivity index (χ2n) is 9.01. The van der Waals surface area contributed by atoms with E-state index in [4.69, 9.17) is 4.74 Å². The maximum Gasteiger partial charge on any atom is 0.251 e. The number of thioether (sulfide) groups is 1. The molecule has 0 fully saturated rings. The number of ether oxygens (including phenoxy) is 1. The van der Waals surface area contributed by atoms with E-state index in [2.05, 4.69) is 15.3 Å². The largest absolute Gasteiger partial charge is 0.497 e. The van der Waals surface area contributed by atoms with E-state index in [0.717, 1.165) is 23.1 Å². The summed E-state index contributed by atoms with van der Waals surface area (Å²) in [6, 6.07) is 18.7. The van der Waals surface area contributed by atoms with Gasteiger partial charge in [-0.05, 0) is 67.9 Å². The Morgan fingerprint density at radius 2 is 1.65 bits per heavy atom. The zero-order chi connectivity index (χ0) is 28.6. The Hall–Kier alpha value is -4.31. The molecule has 4 rings (SSSR count). The number of benzene rings is 3. The second kappa shape index (κ2) is 13.2. The van der Waals surface area contributed by atoms with Crippen molar-refractivity contribution in [3.8, 4) is 5.75 Å². The van der Waals surface area contributed by atoms with Crippen LogP contribution in [0.3, 0.4) is 0 Å². The molecule has 40 heavy (non-hydrogen) atoms. The van der Waals surface area contributed by atoms with E-state index in [1.165, 1.54) is 36.3 Å². The van der Waals surface area contributed by atoms with E-state index in [1.54, 1.807) is 48.5 Å². The summed E-state index contributed by atoms with van der Waals surface area (Å²) in [5.41, 5.74) is 2.40. The minimum absolute atomic E-state index is 0.126. The number of anilines is 1. The summed E-state index contributed by atoms with van der Waals surface area (Å²) < 4.78 is 34.3. The van der Waals surface area contributed by atoms with Crippen LogP contribution in [0.15, 0.2) is 84.0 Å². The Balaban J connectivity index is 1.71. The van der Waals surface area contributed by atoms with Crippen molar-refractivity contribution < 1.29 is 23.1 Å². The molecule has 0 saturated carbocycles. The molecular formula is C30H28F2N4O3S. The Morgan fingerprint density at radius 3 is 2.30 bits per heavy atom. The molecular weight excluding hydrogens is 534 g/mol. The molecule has 7 nitrogen and oxygen atoms in total. The maximum absolute atomic E-state index is 14.8. The van der Waals surface area contributed by atoms with Gasteiger partial charge in [0.25, 0.3) is 5.91 Å². The van der Waals surface area contributed by atoms with Crippen LogP contribution < -0.4 is 10.1 Å². The van der Waals surface area contributed by atoms with Crippen LogP contribution in [0.1, 0.15) is 28.6 Å². The van der Waals surface area contributed by atoms with Gasteiger partial charge in [-0.15, -0.1) is 0 Å². The van der Waals surface area contributed by atoms with Gasteiger partial charge in [-0.1, -0.05) is 42.1 Å². The lowest BCUT2D eigenvalue weighted by molar-refractivity contribution is -0.137. The Kier molecular flexibility index (Phi) is 9.44. The molecule has 0 bridgehead atoms. The number of rotatable bonds is 10. The molecule has 0 aliphatic heterocycles. The van der Waals surface area contributed by atoms with E-state index in [-0.39, 0.29) is 23.4 Å². The molecule has 1 aromatic heterocycles. The van der Waals surface area contributed by atoms with Crippen LogP contribution in [0.25, 0.3) is 0 Å². The minimum Gasteiger partial charge on any atom is -0.497 e. The average molecular weight is 563 g/mol. The molecule has 0 aliphatic carbocycles. The SMILES string of the molecule is COc1ccc(NC(=O)C(c2cccc(F)c2)N(Cc2ccccc2F)C(=O)CSc2nc(C)cc(C)n2)cc1. The second-order valence-corrected chi connectivity index (χ2v) is 9.95. The van der Waals surface area contributed by atoms with Crippen LogP contribution in [0.5, 0.6) is 5.75 Å². The van der Waals surface area contributed by atoms with Gasteiger partial charge in [-0.25, -0.2) is 18.7 Å². The lowest BCUT2D eigenvalue weighted by Crippen LogP contribution is -2.42. The molecule has 1 heterocycles. The molecule has 0 aliphatic rings. The van der Waals surface area contributed by atoms with Gasteiger partial charge in [0.1, 0.15) is 23.4 Å². The van der Waals surface area contributed by atoms with Gasteiger partial charge in [-0.2, -0.15) is 0 Å². The van der Waals surface area contributed by atoms with Crippen molar-refractivity contribution in [2.24, 2.45) is 0 Å². The summed E-state index contributed by atoms with van der Waals surface area (Å²) in [5.74, 6) is -1.70. The normalized spacial score (nSPS) is 11.5. The van der Waals surface area contributed by atoms with E-state index in [9.17, 15) is 18.4 Å². The van der Waals surface area contributed by atoms with Gasteiger partial charge in [-0.3, -0.25) is 9.59 Å². The van der Waals surface area contributed by atoms with Crippen LogP contribution in [-0.2, 0) is 16.1 Å². The summed E-state index contributed by atoms with van der Waals surface area (Å²) >= 11 is 1.11. The average Bonchev–Trinajstić information content (AvgIpc) is 2.92. The Bertz CT molecular complexity index is 1480. The standard InChI is InChI=1S/C30H28F2N4O3S/c1-19-15-20(2)34-30(33-19)40-18-27(37)36(17-22-7-4-5-10-26(22)32)28(21-8-6-9-23(31)16-21)29(38)35-24-11-13-25(39-3)14-12-24/h4-16,28H,17-18H2,1-3H3,(H,35,38). The Morgan fingerprint density at radius 1 is 0.950 bits per heavy atom. The van der Waals surface area contributed by atoms with E-state index in [0.29, 0.717) is 16.6 Å². The summed E-state index contributed by atoms with van der Waals surface area (Å²) in [5, 5.41) is 3.20. The van der Waals surface area contributed by atoms with Gasteiger partial charge in [0, 0.05) is 29.2 Å². The highest BCUT2D eigenvalue weighted by Gasteiger charge is 2.33. The fourth-order valence-corrected chi connectivity index (χ4v) is 4.97. The van der Waals surface area contributed by atoms with Crippen molar-refractivity contribution in [1.29, 1.82) is 0 Å². The van der Waals surface area contributed by atoms with Gasteiger partial charge in [0.05, 0.1) is 12.9 Å². The number of methoxy groups -OCH3 is 1. The highest BCUT2D eigenvalue weighted by molar-refractivity contribution is 7.99. The number of hydrogen-bond acceptors (Lipinski definition) is 6. The van der Waals surface area contributed by atoms with Crippen LogP contribution in [0, 0.1) is 25.5 Å². The smallest absolute Gasteiger partial charge is 0.251 e. The number of amides is 2. The first-order valence-electron chi connectivity index (χ1n) is 12.4. The van der Waals surface area contributed by atoms with Crippen molar-refractivity contribution in [3.63, 3.8) is 0 Å². The number of carbonyl (C=O) groups excluding carboxylic acids is 2. The number of carbonyl (C=O) groups is 2. The van der Waals surface area contributed by atoms with E-state index < -0.39 is 29.5 Å². The lowest BCUT2D eigenvalue weighted by atomic mass is 10.0. The van der Waals surface area contributed by atoms with Gasteiger partial charge < -0.3 is 15.0 Å². The number of aryl methyl sites for hydroxylation is 2. The summed E-state index contributed by atoms with van der Waals surface area (Å²) in [6.45, 7) is 3.43.